The van der Waals surface area contributed by atoms with Crippen molar-refractivity contribution >= 4 is 22.8 Å². The number of piperazine rings is 1. The van der Waals surface area contributed by atoms with E-state index in [9.17, 15) is 14.4 Å². The first kappa shape index (κ1) is 18.9. The minimum Gasteiger partial charge on any atom is -0.339 e. The second-order valence-electron chi connectivity index (χ2n) is 7.07. The predicted octanol–water partition coefficient (Wildman–Crippen LogP) is 2.14. The summed E-state index contributed by atoms with van der Waals surface area (Å²) in [5.41, 5.74) is 1.33. The number of aromatic nitrogens is 2. The summed E-state index contributed by atoms with van der Waals surface area (Å²) in [6, 6.07) is 16.5. The van der Waals surface area contributed by atoms with Crippen molar-refractivity contribution in [1.29, 1.82) is 0 Å². The van der Waals surface area contributed by atoms with Crippen LogP contribution in [-0.4, -0.2) is 57.5 Å². The van der Waals surface area contributed by atoms with Crippen LogP contribution in [0.3, 0.4) is 0 Å². The molecule has 0 unspecified atom stereocenters. The fraction of sp³-hybridized carbons (Fsp3) is 0.273. The molecule has 2 aromatic carbocycles. The van der Waals surface area contributed by atoms with E-state index in [1.807, 2.05) is 30.3 Å². The van der Waals surface area contributed by atoms with E-state index in [1.54, 1.807) is 34.1 Å². The summed E-state index contributed by atoms with van der Waals surface area (Å²) < 4.78 is 1.05. The van der Waals surface area contributed by atoms with Gasteiger partial charge in [-0.3, -0.25) is 9.59 Å². The fourth-order valence-electron chi connectivity index (χ4n) is 3.56. The molecule has 0 aliphatic carbocycles. The Labute approximate surface area is 168 Å². The average Bonchev–Trinajstić information content (AvgIpc) is 2.78. The van der Waals surface area contributed by atoms with E-state index in [0.29, 0.717) is 49.9 Å². The Morgan fingerprint density at radius 3 is 2.28 bits per heavy atom. The van der Waals surface area contributed by atoms with Gasteiger partial charge in [-0.25, -0.2) is 14.3 Å². The molecule has 0 spiro atoms. The molecule has 0 N–H and O–H groups in total. The smallest absolute Gasteiger partial charge is 0.332 e. The minimum atomic E-state index is -0.398. The molecule has 7 nitrogen and oxygen atoms in total. The van der Waals surface area contributed by atoms with Crippen LogP contribution in [0.25, 0.3) is 10.9 Å². The van der Waals surface area contributed by atoms with Crippen LogP contribution >= 0.6 is 0 Å². The molecule has 2 heterocycles. The monoisotopic (exact) mass is 390 g/mol. The number of benzene rings is 2. The van der Waals surface area contributed by atoms with Crippen LogP contribution in [0.1, 0.15) is 12.0 Å². The number of fused-ring (bicyclic) bond motifs is 1. The topological polar surface area (TPSA) is 75.5 Å². The van der Waals surface area contributed by atoms with Gasteiger partial charge in [0.15, 0.2) is 0 Å². The third kappa shape index (κ3) is 4.03. The summed E-state index contributed by atoms with van der Waals surface area (Å²) in [6.45, 7) is 1.73. The van der Waals surface area contributed by atoms with Gasteiger partial charge in [-0.2, -0.15) is 0 Å². The molecule has 0 saturated carbocycles. The fourth-order valence-corrected chi connectivity index (χ4v) is 3.56. The summed E-state index contributed by atoms with van der Waals surface area (Å²) in [5.74, 6) is 0.0884. The van der Waals surface area contributed by atoms with Gasteiger partial charge in [0, 0.05) is 32.6 Å². The molecule has 29 heavy (non-hydrogen) atoms. The van der Waals surface area contributed by atoms with Gasteiger partial charge in [-0.15, -0.1) is 0 Å². The van der Waals surface area contributed by atoms with Crippen molar-refractivity contribution in [3.63, 3.8) is 0 Å². The summed E-state index contributed by atoms with van der Waals surface area (Å²) in [5, 5.41) is 0.415. The molecule has 0 radical (unpaired) electrons. The molecule has 7 heteroatoms. The summed E-state index contributed by atoms with van der Waals surface area (Å²) in [6.07, 6.45) is 2.44. The van der Waals surface area contributed by atoms with E-state index in [4.69, 9.17) is 0 Å². The second-order valence-corrected chi connectivity index (χ2v) is 7.07. The van der Waals surface area contributed by atoms with Crippen molar-refractivity contribution in [1.82, 2.24) is 19.4 Å². The first-order valence-electron chi connectivity index (χ1n) is 9.71. The number of nitrogens with zero attached hydrogens (tertiary/aromatic N) is 4. The molecule has 0 atom stereocenters. The molecule has 0 bridgehead atoms. The zero-order chi connectivity index (χ0) is 20.2. The van der Waals surface area contributed by atoms with E-state index in [-0.39, 0.29) is 11.5 Å². The Balaban J connectivity index is 1.37. The van der Waals surface area contributed by atoms with Gasteiger partial charge >= 0.3 is 6.03 Å². The van der Waals surface area contributed by atoms with Crippen molar-refractivity contribution in [3.05, 3.63) is 76.8 Å². The molecule has 1 saturated heterocycles. The van der Waals surface area contributed by atoms with Crippen molar-refractivity contribution in [2.45, 2.75) is 12.8 Å². The molecule has 2 amide bonds. The number of rotatable bonds is 3. The molecular weight excluding hydrogens is 368 g/mol. The molecule has 1 aliphatic heterocycles. The predicted molar refractivity (Wildman–Crippen MR) is 110 cm³/mol. The molecule has 1 aromatic heterocycles. The normalized spacial score (nSPS) is 14.2. The summed E-state index contributed by atoms with van der Waals surface area (Å²) in [4.78, 5) is 45.5. The Hall–Kier alpha value is -3.48. The van der Waals surface area contributed by atoms with Crippen molar-refractivity contribution in [3.8, 4) is 0 Å². The van der Waals surface area contributed by atoms with E-state index in [0.717, 1.165) is 10.1 Å². The second kappa shape index (κ2) is 8.26. The third-order valence-corrected chi connectivity index (χ3v) is 5.24. The van der Waals surface area contributed by atoms with Crippen molar-refractivity contribution in [2.75, 3.05) is 26.2 Å². The van der Waals surface area contributed by atoms with Crippen LogP contribution in [0.4, 0.5) is 4.79 Å². The van der Waals surface area contributed by atoms with Gasteiger partial charge in [-0.05, 0) is 24.1 Å². The van der Waals surface area contributed by atoms with Crippen LogP contribution < -0.4 is 5.56 Å². The Morgan fingerprint density at radius 1 is 0.862 bits per heavy atom. The number of carbonyl (C=O) groups is 2. The van der Waals surface area contributed by atoms with Crippen molar-refractivity contribution < 1.29 is 9.59 Å². The third-order valence-electron chi connectivity index (χ3n) is 5.24. The number of hydrogen-bond acceptors (Lipinski definition) is 4. The lowest BCUT2D eigenvalue weighted by atomic mass is 10.1. The van der Waals surface area contributed by atoms with Gasteiger partial charge in [-0.1, -0.05) is 42.5 Å². The van der Waals surface area contributed by atoms with Gasteiger partial charge in [0.05, 0.1) is 10.9 Å². The number of para-hydroxylation sites is 1. The van der Waals surface area contributed by atoms with Gasteiger partial charge in [0.2, 0.25) is 5.91 Å². The summed E-state index contributed by atoms with van der Waals surface area (Å²) in [7, 11) is 0. The van der Waals surface area contributed by atoms with Crippen molar-refractivity contribution in [2.24, 2.45) is 0 Å². The quantitative estimate of drug-likeness (QED) is 0.687. The lowest BCUT2D eigenvalue weighted by molar-refractivity contribution is -0.132. The first-order valence-corrected chi connectivity index (χ1v) is 9.71. The molecule has 4 rings (SSSR count). The van der Waals surface area contributed by atoms with Gasteiger partial charge in [0.1, 0.15) is 6.33 Å². The Bertz CT molecular complexity index is 1090. The zero-order valence-electron chi connectivity index (χ0n) is 16.0. The van der Waals surface area contributed by atoms with E-state index < -0.39 is 6.03 Å². The van der Waals surface area contributed by atoms with Crippen LogP contribution in [0.15, 0.2) is 65.7 Å². The minimum absolute atomic E-state index is 0.0884. The number of aryl methyl sites for hydroxylation is 1. The largest absolute Gasteiger partial charge is 0.339 e. The number of hydrogen-bond donors (Lipinski definition) is 0. The standard InChI is InChI=1S/C22H22N4O3/c27-20(11-10-17-6-2-1-3-7-17)24-12-14-25(15-13-24)22(29)26-16-23-19-9-5-4-8-18(19)21(26)28/h1-9,16H,10-15H2. The maximum absolute atomic E-state index is 12.8. The maximum atomic E-state index is 12.8. The van der Waals surface area contributed by atoms with E-state index in [1.165, 1.54) is 6.33 Å². The van der Waals surface area contributed by atoms with Crippen LogP contribution in [0.2, 0.25) is 0 Å². The first-order chi connectivity index (χ1) is 14.1. The van der Waals surface area contributed by atoms with Gasteiger partial charge in [0.25, 0.3) is 5.56 Å². The lowest BCUT2D eigenvalue weighted by Crippen LogP contribution is -2.52. The number of amides is 2. The molecule has 1 fully saturated rings. The SMILES string of the molecule is O=C(CCc1ccccc1)N1CCN(C(=O)n2cnc3ccccc3c2=O)CC1. The molecule has 1 aliphatic rings. The van der Waals surface area contributed by atoms with Crippen LogP contribution in [0.5, 0.6) is 0 Å². The average molecular weight is 390 g/mol. The Kier molecular flexibility index (Phi) is 5.37. The molecule has 3 aromatic rings. The highest BCUT2D eigenvalue weighted by molar-refractivity contribution is 5.83. The Morgan fingerprint density at radius 2 is 1.52 bits per heavy atom. The van der Waals surface area contributed by atoms with Crippen LogP contribution in [-0.2, 0) is 11.2 Å². The van der Waals surface area contributed by atoms with E-state index in [2.05, 4.69) is 4.98 Å². The molecule has 148 valence electrons. The van der Waals surface area contributed by atoms with Crippen LogP contribution in [0, 0.1) is 0 Å². The highest BCUT2D eigenvalue weighted by atomic mass is 16.2. The molecular formula is C22H22N4O3. The lowest BCUT2D eigenvalue weighted by Gasteiger charge is -2.34. The van der Waals surface area contributed by atoms with Gasteiger partial charge < -0.3 is 9.80 Å². The van der Waals surface area contributed by atoms with E-state index >= 15 is 0 Å². The highest BCUT2D eigenvalue weighted by Crippen LogP contribution is 2.10. The zero-order valence-corrected chi connectivity index (χ0v) is 16.0. The number of carbonyl (C=O) groups excluding carboxylic acids is 2. The summed E-state index contributed by atoms with van der Waals surface area (Å²) >= 11 is 0. The highest BCUT2D eigenvalue weighted by Gasteiger charge is 2.25. The maximum Gasteiger partial charge on any atom is 0.332 e.